The van der Waals surface area contributed by atoms with Gasteiger partial charge in [-0.2, -0.15) is 0 Å². The summed E-state index contributed by atoms with van der Waals surface area (Å²) in [5, 5.41) is 8.22. The first kappa shape index (κ1) is 17.2. The highest BCUT2D eigenvalue weighted by atomic mass is 35.5. The maximum Gasteiger partial charge on any atom is 0.227 e. The molecule has 0 amide bonds. The van der Waals surface area contributed by atoms with E-state index in [-0.39, 0.29) is 0 Å². The fourth-order valence-corrected chi connectivity index (χ4v) is 3.05. The fourth-order valence-electron chi connectivity index (χ4n) is 2.80. The Morgan fingerprint density at radius 1 is 0.815 bits per heavy atom. The number of aromatic nitrogens is 3. The highest BCUT2D eigenvalue weighted by Gasteiger charge is 2.10. The second kappa shape index (κ2) is 7.21. The molecule has 0 aliphatic carbocycles. The van der Waals surface area contributed by atoms with Crippen molar-refractivity contribution in [2.45, 2.75) is 13.8 Å². The number of hydrogen-bond acceptors (Lipinski definition) is 5. The van der Waals surface area contributed by atoms with Gasteiger partial charge < -0.3 is 10.6 Å². The van der Waals surface area contributed by atoms with Crippen LogP contribution < -0.4 is 10.6 Å². The molecule has 4 aromatic rings. The average Bonchev–Trinajstić information content (AvgIpc) is 2.67. The van der Waals surface area contributed by atoms with Gasteiger partial charge in [0, 0.05) is 34.2 Å². The summed E-state index contributed by atoms with van der Waals surface area (Å²) in [4.78, 5) is 13.3. The van der Waals surface area contributed by atoms with E-state index in [2.05, 4.69) is 20.6 Å². The van der Waals surface area contributed by atoms with Gasteiger partial charge in [0.25, 0.3) is 0 Å². The van der Waals surface area contributed by atoms with Gasteiger partial charge >= 0.3 is 0 Å². The van der Waals surface area contributed by atoms with Crippen LogP contribution >= 0.6 is 11.6 Å². The number of pyridine rings is 1. The zero-order valence-electron chi connectivity index (χ0n) is 15.0. The molecule has 0 aliphatic heterocycles. The van der Waals surface area contributed by atoms with Crippen LogP contribution in [0.5, 0.6) is 0 Å². The van der Waals surface area contributed by atoms with Gasteiger partial charge in [-0.3, -0.25) is 0 Å². The molecule has 0 atom stereocenters. The maximum atomic E-state index is 6.52. The lowest BCUT2D eigenvalue weighted by atomic mass is 10.1. The fraction of sp³-hybridized carbons (Fsp3) is 0.0952. The predicted molar refractivity (Wildman–Crippen MR) is 111 cm³/mol. The lowest BCUT2D eigenvalue weighted by Crippen LogP contribution is -2.00. The Bertz CT molecular complexity index is 1110. The molecule has 2 N–H and O–H groups in total. The molecule has 27 heavy (non-hydrogen) atoms. The Morgan fingerprint density at radius 3 is 2.26 bits per heavy atom. The molecule has 2 aromatic heterocycles. The van der Waals surface area contributed by atoms with Gasteiger partial charge in [0.2, 0.25) is 5.95 Å². The first-order valence-electron chi connectivity index (χ1n) is 8.59. The number of benzene rings is 2. The SMILES string of the molecule is Cc1ccnc(Nc2ccc(Nc3nc4ccccc4c(Cl)c3C)cc2)n1. The van der Waals surface area contributed by atoms with Crippen molar-refractivity contribution in [2.24, 2.45) is 0 Å². The summed E-state index contributed by atoms with van der Waals surface area (Å²) < 4.78 is 0. The molecule has 0 saturated carbocycles. The van der Waals surface area contributed by atoms with Crippen molar-refractivity contribution >= 4 is 45.6 Å². The molecule has 4 rings (SSSR count). The van der Waals surface area contributed by atoms with E-state index in [0.29, 0.717) is 5.95 Å². The summed E-state index contributed by atoms with van der Waals surface area (Å²) in [5.41, 5.74) is 4.54. The van der Waals surface area contributed by atoms with E-state index in [1.807, 2.05) is 68.4 Å². The van der Waals surface area contributed by atoms with Crippen LogP contribution in [0.4, 0.5) is 23.1 Å². The van der Waals surface area contributed by atoms with Crippen LogP contribution in [-0.2, 0) is 0 Å². The molecular weight excluding hydrogens is 358 g/mol. The van der Waals surface area contributed by atoms with Crippen molar-refractivity contribution in [1.82, 2.24) is 15.0 Å². The summed E-state index contributed by atoms with van der Waals surface area (Å²) in [6, 6.07) is 17.6. The monoisotopic (exact) mass is 375 g/mol. The largest absolute Gasteiger partial charge is 0.340 e. The minimum atomic E-state index is 0.578. The summed E-state index contributed by atoms with van der Waals surface area (Å²) in [6.45, 7) is 3.90. The zero-order chi connectivity index (χ0) is 18.8. The van der Waals surface area contributed by atoms with Gasteiger partial charge in [-0.15, -0.1) is 0 Å². The van der Waals surface area contributed by atoms with Crippen molar-refractivity contribution in [1.29, 1.82) is 0 Å². The molecule has 0 unspecified atom stereocenters. The van der Waals surface area contributed by atoms with E-state index < -0.39 is 0 Å². The standard InChI is InChI=1S/C21H18ClN5/c1-13-11-12-23-21(24-13)26-16-9-7-15(8-10-16)25-20-14(2)19(22)17-5-3-4-6-18(17)27-20/h3-12H,1-2H3,(H,25,27)(H,23,24,26). The quantitative estimate of drug-likeness (QED) is 0.473. The minimum absolute atomic E-state index is 0.578. The maximum absolute atomic E-state index is 6.52. The molecule has 5 nitrogen and oxygen atoms in total. The molecule has 0 bridgehead atoms. The lowest BCUT2D eigenvalue weighted by molar-refractivity contribution is 1.11. The predicted octanol–water partition coefficient (Wildman–Crippen LogP) is 5.78. The van der Waals surface area contributed by atoms with Gasteiger partial charge in [0.15, 0.2) is 0 Å². The summed E-state index contributed by atoms with van der Waals surface area (Å²) in [6.07, 6.45) is 1.73. The molecule has 134 valence electrons. The van der Waals surface area contributed by atoms with E-state index >= 15 is 0 Å². The first-order chi connectivity index (χ1) is 13.1. The summed E-state index contributed by atoms with van der Waals surface area (Å²) in [5.74, 6) is 1.33. The Hall–Kier alpha value is -3.18. The number of anilines is 4. The second-order valence-electron chi connectivity index (χ2n) is 6.27. The number of aryl methyl sites for hydroxylation is 1. The van der Waals surface area contributed by atoms with Crippen molar-refractivity contribution < 1.29 is 0 Å². The van der Waals surface area contributed by atoms with E-state index in [1.165, 1.54) is 0 Å². The van der Waals surface area contributed by atoms with Crippen LogP contribution in [0.15, 0.2) is 60.8 Å². The first-order valence-corrected chi connectivity index (χ1v) is 8.96. The van der Waals surface area contributed by atoms with Crippen LogP contribution in [0.25, 0.3) is 10.9 Å². The molecule has 2 heterocycles. The van der Waals surface area contributed by atoms with Gasteiger partial charge in [-0.1, -0.05) is 29.8 Å². The third-order valence-electron chi connectivity index (χ3n) is 4.26. The summed E-state index contributed by atoms with van der Waals surface area (Å²) >= 11 is 6.52. The third kappa shape index (κ3) is 3.68. The van der Waals surface area contributed by atoms with Crippen LogP contribution in [0.3, 0.4) is 0 Å². The molecule has 2 aromatic carbocycles. The van der Waals surface area contributed by atoms with Crippen molar-refractivity contribution in [3.63, 3.8) is 0 Å². The van der Waals surface area contributed by atoms with Crippen LogP contribution in [0, 0.1) is 13.8 Å². The van der Waals surface area contributed by atoms with Crippen molar-refractivity contribution in [3.8, 4) is 0 Å². The average molecular weight is 376 g/mol. The number of rotatable bonds is 4. The van der Waals surface area contributed by atoms with E-state index in [0.717, 1.165) is 44.4 Å². The van der Waals surface area contributed by atoms with Crippen LogP contribution in [0.1, 0.15) is 11.3 Å². The van der Waals surface area contributed by atoms with E-state index in [1.54, 1.807) is 6.20 Å². The van der Waals surface area contributed by atoms with E-state index in [4.69, 9.17) is 16.6 Å². The zero-order valence-corrected chi connectivity index (χ0v) is 15.7. The normalized spacial score (nSPS) is 10.8. The molecule has 0 radical (unpaired) electrons. The Kier molecular flexibility index (Phi) is 4.60. The van der Waals surface area contributed by atoms with Crippen LogP contribution in [-0.4, -0.2) is 15.0 Å². The Labute approximate surface area is 162 Å². The smallest absolute Gasteiger partial charge is 0.227 e. The number of nitrogens with one attached hydrogen (secondary N) is 2. The number of nitrogens with zero attached hydrogens (tertiary/aromatic N) is 3. The highest BCUT2D eigenvalue weighted by Crippen LogP contribution is 2.31. The third-order valence-corrected chi connectivity index (χ3v) is 4.74. The van der Waals surface area contributed by atoms with Gasteiger partial charge in [0.05, 0.1) is 10.5 Å². The highest BCUT2D eigenvalue weighted by molar-refractivity contribution is 6.36. The molecule has 0 saturated heterocycles. The van der Waals surface area contributed by atoms with Gasteiger partial charge in [-0.05, 0) is 50.2 Å². The topological polar surface area (TPSA) is 62.7 Å². The number of para-hydroxylation sites is 1. The van der Waals surface area contributed by atoms with Crippen molar-refractivity contribution in [3.05, 3.63) is 77.1 Å². The van der Waals surface area contributed by atoms with Crippen LogP contribution in [0.2, 0.25) is 5.02 Å². The molecule has 0 fully saturated rings. The van der Waals surface area contributed by atoms with Gasteiger partial charge in [-0.25, -0.2) is 15.0 Å². The molecule has 0 aliphatic rings. The molecule has 0 spiro atoms. The lowest BCUT2D eigenvalue weighted by Gasteiger charge is -2.13. The molecular formula is C21H18ClN5. The number of halogens is 1. The Balaban J connectivity index is 1.57. The second-order valence-corrected chi connectivity index (χ2v) is 6.64. The minimum Gasteiger partial charge on any atom is -0.340 e. The summed E-state index contributed by atoms with van der Waals surface area (Å²) in [7, 11) is 0. The number of fused-ring (bicyclic) bond motifs is 1. The van der Waals surface area contributed by atoms with Crippen molar-refractivity contribution in [2.75, 3.05) is 10.6 Å². The molecule has 6 heteroatoms. The number of hydrogen-bond donors (Lipinski definition) is 2. The van der Waals surface area contributed by atoms with E-state index in [9.17, 15) is 0 Å². The Morgan fingerprint density at radius 2 is 1.52 bits per heavy atom. The van der Waals surface area contributed by atoms with Gasteiger partial charge in [0.1, 0.15) is 5.82 Å².